The topological polar surface area (TPSA) is 131 Å². The maximum Gasteiger partial charge on any atom is 0.348 e. The lowest BCUT2D eigenvalue weighted by molar-refractivity contribution is -0.135. The van der Waals surface area contributed by atoms with Gasteiger partial charge in [-0.05, 0) is 37.5 Å². The average molecular weight is 395 g/mol. The van der Waals surface area contributed by atoms with Crippen LogP contribution in [0.2, 0.25) is 0 Å². The van der Waals surface area contributed by atoms with Crippen LogP contribution >= 0.6 is 0 Å². The standard InChI is InChI=1S/C20H21N5O4/c1-12-4-3-7-25-17(12)23-18(24-8-5-13(6-9-24)16(22)26)15(19(25)27)10-14(11-21)20(28)29-2/h3-4,7,10,13H,5-6,8-9H2,1-2H3,(H2,22,26)/b14-10-. The van der Waals surface area contributed by atoms with E-state index in [4.69, 9.17) is 5.73 Å². The second-order valence-electron chi connectivity index (χ2n) is 6.86. The molecule has 1 saturated heterocycles. The number of nitrogens with two attached hydrogens (primary N) is 1. The Balaban J connectivity index is 2.19. The van der Waals surface area contributed by atoms with Gasteiger partial charge < -0.3 is 15.4 Å². The first kappa shape index (κ1) is 20.1. The monoisotopic (exact) mass is 395 g/mol. The number of amides is 1. The molecule has 2 aromatic rings. The predicted molar refractivity (Wildman–Crippen MR) is 106 cm³/mol. The van der Waals surface area contributed by atoms with Gasteiger partial charge in [-0.3, -0.25) is 14.0 Å². The highest BCUT2D eigenvalue weighted by molar-refractivity contribution is 5.98. The van der Waals surface area contributed by atoms with Gasteiger partial charge in [0.15, 0.2) is 0 Å². The van der Waals surface area contributed by atoms with Crippen molar-refractivity contribution in [2.24, 2.45) is 11.7 Å². The lowest BCUT2D eigenvalue weighted by atomic mass is 9.96. The Kier molecular flexibility index (Phi) is 5.64. The number of pyridine rings is 1. The third-order valence-electron chi connectivity index (χ3n) is 5.08. The minimum Gasteiger partial charge on any atom is -0.465 e. The zero-order chi connectivity index (χ0) is 21.1. The van der Waals surface area contributed by atoms with E-state index in [1.807, 2.05) is 17.9 Å². The number of rotatable bonds is 4. The van der Waals surface area contributed by atoms with Crippen molar-refractivity contribution in [3.8, 4) is 6.07 Å². The molecule has 0 spiro atoms. The van der Waals surface area contributed by atoms with E-state index in [9.17, 15) is 19.6 Å². The number of methoxy groups -OCH3 is 1. The molecular weight excluding hydrogens is 374 g/mol. The van der Waals surface area contributed by atoms with Gasteiger partial charge in [-0.25, -0.2) is 9.78 Å². The van der Waals surface area contributed by atoms with Gasteiger partial charge in [0.1, 0.15) is 23.1 Å². The van der Waals surface area contributed by atoms with Crippen LogP contribution in [0.5, 0.6) is 0 Å². The number of carbonyl (C=O) groups excluding carboxylic acids is 2. The van der Waals surface area contributed by atoms with Gasteiger partial charge in [0.2, 0.25) is 5.91 Å². The van der Waals surface area contributed by atoms with Crippen molar-refractivity contribution >= 4 is 29.4 Å². The van der Waals surface area contributed by atoms with E-state index in [1.165, 1.54) is 10.5 Å². The van der Waals surface area contributed by atoms with Crippen molar-refractivity contribution < 1.29 is 14.3 Å². The SMILES string of the molecule is COC(=O)/C(C#N)=C\c1c(N2CCC(C(N)=O)CC2)nc2c(C)cccn2c1=O. The molecule has 0 saturated carbocycles. The first-order chi connectivity index (χ1) is 13.9. The van der Waals surface area contributed by atoms with Gasteiger partial charge in [0.05, 0.1) is 12.7 Å². The molecule has 1 fully saturated rings. The van der Waals surface area contributed by atoms with Crippen molar-refractivity contribution in [1.82, 2.24) is 9.38 Å². The van der Waals surface area contributed by atoms with Gasteiger partial charge in [0.25, 0.3) is 5.56 Å². The van der Waals surface area contributed by atoms with E-state index in [2.05, 4.69) is 9.72 Å². The molecular formula is C20H21N5O4. The lowest BCUT2D eigenvalue weighted by Gasteiger charge is -2.32. The minimum atomic E-state index is -0.834. The molecule has 0 aliphatic carbocycles. The fourth-order valence-corrected chi connectivity index (χ4v) is 3.43. The maximum atomic E-state index is 13.2. The van der Waals surface area contributed by atoms with E-state index in [-0.39, 0.29) is 23.0 Å². The Morgan fingerprint density at radius 1 is 1.38 bits per heavy atom. The highest BCUT2D eigenvalue weighted by atomic mass is 16.5. The third kappa shape index (κ3) is 3.82. The van der Waals surface area contributed by atoms with Crippen LogP contribution in [0.4, 0.5) is 5.82 Å². The number of carbonyl (C=O) groups is 2. The van der Waals surface area contributed by atoms with E-state index >= 15 is 0 Å². The average Bonchev–Trinajstić information content (AvgIpc) is 2.73. The van der Waals surface area contributed by atoms with Gasteiger partial charge >= 0.3 is 5.97 Å². The number of aryl methyl sites for hydroxylation is 1. The number of aromatic nitrogens is 2. The Morgan fingerprint density at radius 2 is 2.07 bits per heavy atom. The Morgan fingerprint density at radius 3 is 2.66 bits per heavy atom. The second-order valence-corrected chi connectivity index (χ2v) is 6.86. The molecule has 2 aromatic heterocycles. The molecule has 0 bridgehead atoms. The summed E-state index contributed by atoms with van der Waals surface area (Å²) in [4.78, 5) is 43.1. The second kappa shape index (κ2) is 8.14. The van der Waals surface area contributed by atoms with Crippen LogP contribution in [0.3, 0.4) is 0 Å². The normalized spacial score (nSPS) is 15.2. The lowest BCUT2D eigenvalue weighted by Crippen LogP contribution is -2.40. The number of nitrogens with zero attached hydrogens (tertiary/aromatic N) is 4. The van der Waals surface area contributed by atoms with Gasteiger partial charge in [-0.15, -0.1) is 0 Å². The Bertz CT molecular complexity index is 1100. The molecule has 29 heavy (non-hydrogen) atoms. The van der Waals surface area contributed by atoms with Crippen LogP contribution in [0, 0.1) is 24.2 Å². The predicted octanol–water partition coefficient (Wildman–Crippen LogP) is 0.785. The van der Waals surface area contributed by atoms with E-state index in [1.54, 1.807) is 18.3 Å². The van der Waals surface area contributed by atoms with Gasteiger partial charge in [-0.1, -0.05) is 6.07 Å². The Labute approximate surface area is 167 Å². The van der Waals surface area contributed by atoms with Gasteiger partial charge in [0, 0.05) is 25.2 Å². The van der Waals surface area contributed by atoms with Crippen molar-refractivity contribution in [2.75, 3.05) is 25.1 Å². The van der Waals surface area contributed by atoms with Crippen molar-refractivity contribution in [3.05, 3.63) is 45.4 Å². The smallest absolute Gasteiger partial charge is 0.348 e. The molecule has 1 amide bonds. The molecule has 0 aromatic carbocycles. The zero-order valence-corrected chi connectivity index (χ0v) is 16.2. The molecule has 9 heteroatoms. The summed E-state index contributed by atoms with van der Waals surface area (Å²) in [5.41, 5.74) is 6.12. The van der Waals surface area contributed by atoms with Crippen LogP contribution in [0.25, 0.3) is 11.7 Å². The molecule has 1 aliphatic heterocycles. The van der Waals surface area contributed by atoms with Crippen molar-refractivity contribution in [1.29, 1.82) is 5.26 Å². The summed E-state index contributed by atoms with van der Waals surface area (Å²) in [6, 6.07) is 5.34. The summed E-state index contributed by atoms with van der Waals surface area (Å²) >= 11 is 0. The fraction of sp³-hybridized carbons (Fsp3) is 0.350. The first-order valence-electron chi connectivity index (χ1n) is 9.13. The van der Waals surface area contributed by atoms with Crippen LogP contribution in [-0.4, -0.2) is 41.5 Å². The number of ether oxygens (including phenoxy) is 1. The summed E-state index contributed by atoms with van der Waals surface area (Å²) in [6.07, 6.45) is 3.87. The van der Waals surface area contributed by atoms with Crippen molar-refractivity contribution in [3.63, 3.8) is 0 Å². The van der Waals surface area contributed by atoms with Crippen LogP contribution in [0.1, 0.15) is 24.0 Å². The molecule has 9 nitrogen and oxygen atoms in total. The number of esters is 1. The minimum absolute atomic E-state index is 0.118. The molecule has 3 rings (SSSR count). The largest absolute Gasteiger partial charge is 0.465 e. The molecule has 0 radical (unpaired) electrons. The quantitative estimate of drug-likeness (QED) is 0.460. The number of anilines is 1. The van der Waals surface area contributed by atoms with Crippen molar-refractivity contribution in [2.45, 2.75) is 19.8 Å². The fourth-order valence-electron chi connectivity index (χ4n) is 3.43. The van der Waals surface area contributed by atoms with E-state index in [0.29, 0.717) is 37.4 Å². The molecule has 0 unspecified atom stereocenters. The van der Waals surface area contributed by atoms with E-state index < -0.39 is 11.5 Å². The number of hydrogen-bond donors (Lipinski definition) is 1. The maximum absolute atomic E-state index is 13.2. The zero-order valence-electron chi connectivity index (χ0n) is 16.2. The summed E-state index contributed by atoms with van der Waals surface area (Å²) in [7, 11) is 1.16. The van der Waals surface area contributed by atoms with E-state index in [0.717, 1.165) is 12.7 Å². The van der Waals surface area contributed by atoms with Crippen LogP contribution in [0.15, 0.2) is 28.7 Å². The molecule has 1 aliphatic rings. The molecule has 2 N–H and O–H groups in total. The summed E-state index contributed by atoms with van der Waals surface area (Å²) in [5, 5.41) is 9.32. The molecule has 0 atom stereocenters. The summed E-state index contributed by atoms with van der Waals surface area (Å²) < 4.78 is 6.01. The summed E-state index contributed by atoms with van der Waals surface area (Å²) in [6.45, 7) is 2.79. The number of nitriles is 1. The van der Waals surface area contributed by atoms with Crippen LogP contribution in [-0.2, 0) is 14.3 Å². The highest BCUT2D eigenvalue weighted by Crippen LogP contribution is 2.26. The Hall–Kier alpha value is -3.67. The number of hydrogen-bond acceptors (Lipinski definition) is 7. The third-order valence-corrected chi connectivity index (χ3v) is 5.08. The molecule has 150 valence electrons. The number of fused-ring (bicyclic) bond motifs is 1. The van der Waals surface area contributed by atoms with Crippen LogP contribution < -0.4 is 16.2 Å². The number of primary amides is 1. The highest BCUT2D eigenvalue weighted by Gasteiger charge is 2.27. The molecule has 3 heterocycles. The summed E-state index contributed by atoms with van der Waals surface area (Å²) in [5.74, 6) is -1.04. The first-order valence-corrected chi connectivity index (χ1v) is 9.13. The van der Waals surface area contributed by atoms with Gasteiger partial charge in [-0.2, -0.15) is 5.26 Å². The number of piperidine rings is 1.